The lowest BCUT2D eigenvalue weighted by Gasteiger charge is -2.22. The lowest BCUT2D eigenvalue weighted by molar-refractivity contribution is -0.145. The van der Waals surface area contributed by atoms with Gasteiger partial charge in [-0.05, 0) is 6.07 Å². The molecule has 0 radical (unpaired) electrons. The normalized spacial score (nSPS) is 12.4. The zero-order valence-corrected chi connectivity index (χ0v) is 10.3. The molecule has 0 fully saturated rings. The smallest absolute Gasteiger partial charge is 0.293 e. The van der Waals surface area contributed by atoms with E-state index in [4.69, 9.17) is 11.6 Å². The van der Waals surface area contributed by atoms with Crippen molar-refractivity contribution in [2.24, 2.45) is 7.05 Å². The average Bonchev–Trinajstić information content (AvgIpc) is 2.59. The topological polar surface area (TPSA) is 21.1 Å². The Balaban J connectivity index is 2.47. The zero-order chi connectivity index (χ0) is 12.9. The second kappa shape index (κ2) is 6.26. The fraction of sp³-hybridized carbons (Fsp3) is 0.700. The largest absolute Gasteiger partial charge is 0.401 e. The number of aromatic nitrogens is 2. The summed E-state index contributed by atoms with van der Waals surface area (Å²) < 4.78 is 38.5. The molecule has 0 bridgehead atoms. The number of alkyl halides is 4. The third kappa shape index (κ3) is 5.41. The van der Waals surface area contributed by atoms with E-state index >= 15 is 0 Å². The van der Waals surface area contributed by atoms with Crippen LogP contribution in [0.5, 0.6) is 0 Å². The third-order valence-corrected chi connectivity index (χ3v) is 2.58. The summed E-state index contributed by atoms with van der Waals surface area (Å²) in [7, 11) is 1.77. The van der Waals surface area contributed by atoms with Crippen LogP contribution in [0.4, 0.5) is 13.2 Å². The zero-order valence-electron chi connectivity index (χ0n) is 9.54. The highest BCUT2D eigenvalue weighted by Crippen LogP contribution is 2.16. The number of halogens is 4. The first-order chi connectivity index (χ1) is 7.92. The highest BCUT2D eigenvalue weighted by molar-refractivity contribution is 6.18. The molecule has 0 N–H and O–H groups in total. The van der Waals surface area contributed by atoms with E-state index in [1.807, 2.05) is 0 Å². The SMILES string of the molecule is Cn1nccc1CCN(CCCl)CC(F)(F)F. The second-order valence-electron chi connectivity index (χ2n) is 3.78. The van der Waals surface area contributed by atoms with Crippen LogP contribution in [0, 0.1) is 0 Å². The molecule has 3 nitrogen and oxygen atoms in total. The van der Waals surface area contributed by atoms with Crippen molar-refractivity contribution in [3.8, 4) is 0 Å². The van der Waals surface area contributed by atoms with Gasteiger partial charge in [0.15, 0.2) is 0 Å². The van der Waals surface area contributed by atoms with E-state index in [2.05, 4.69) is 5.10 Å². The molecule has 1 rings (SSSR count). The molecule has 17 heavy (non-hydrogen) atoms. The maximum Gasteiger partial charge on any atom is 0.401 e. The lowest BCUT2D eigenvalue weighted by Crippen LogP contribution is -2.37. The summed E-state index contributed by atoms with van der Waals surface area (Å²) in [5.41, 5.74) is 0.909. The van der Waals surface area contributed by atoms with Crippen molar-refractivity contribution in [2.45, 2.75) is 12.6 Å². The molecule has 0 aromatic carbocycles. The molecule has 0 saturated heterocycles. The lowest BCUT2D eigenvalue weighted by atomic mass is 10.3. The Bertz CT molecular complexity index is 338. The Kier molecular flexibility index (Phi) is 5.27. The molecule has 0 spiro atoms. The molecule has 0 aliphatic heterocycles. The second-order valence-corrected chi connectivity index (χ2v) is 4.15. The Hall–Kier alpha value is -0.750. The maximum atomic E-state index is 12.3. The van der Waals surface area contributed by atoms with Crippen LogP contribution in [0.3, 0.4) is 0 Å². The van der Waals surface area contributed by atoms with Crippen LogP contribution in [0.25, 0.3) is 0 Å². The minimum absolute atomic E-state index is 0.196. The van der Waals surface area contributed by atoms with Crippen molar-refractivity contribution in [2.75, 3.05) is 25.5 Å². The Labute approximate surface area is 103 Å². The van der Waals surface area contributed by atoms with Crippen LogP contribution in [-0.4, -0.2) is 46.4 Å². The van der Waals surface area contributed by atoms with Crippen molar-refractivity contribution >= 4 is 11.6 Å². The van der Waals surface area contributed by atoms with Crippen molar-refractivity contribution in [3.05, 3.63) is 18.0 Å². The number of hydrogen-bond donors (Lipinski definition) is 0. The number of aryl methyl sites for hydroxylation is 1. The van der Waals surface area contributed by atoms with Gasteiger partial charge in [0.2, 0.25) is 0 Å². The molecular formula is C10H15ClF3N3. The number of rotatable bonds is 6. The highest BCUT2D eigenvalue weighted by atomic mass is 35.5. The summed E-state index contributed by atoms with van der Waals surface area (Å²) in [5, 5.41) is 3.97. The van der Waals surface area contributed by atoms with Gasteiger partial charge in [0, 0.05) is 44.3 Å². The maximum absolute atomic E-state index is 12.3. The molecule has 0 unspecified atom stereocenters. The summed E-state index contributed by atoms with van der Waals surface area (Å²) in [6.45, 7) is -0.359. The Morgan fingerprint density at radius 2 is 2.12 bits per heavy atom. The van der Waals surface area contributed by atoms with Crippen LogP contribution in [0.1, 0.15) is 5.69 Å². The van der Waals surface area contributed by atoms with E-state index in [0.29, 0.717) is 13.0 Å². The Morgan fingerprint density at radius 3 is 2.59 bits per heavy atom. The predicted molar refractivity (Wildman–Crippen MR) is 60.1 cm³/mol. The number of nitrogens with zero attached hydrogens (tertiary/aromatic N) is 3. The fourth-order valence-electron chi connectivity index (χ4n) is 1.56. The van der Waals surface area contributed by atoms with Gasteiger partial charge in [-0.3, -0.25) is 9.58 Å². The van der Waals surface area contributed by atoms with Gasteiger partial charge in [-0.1, -0.05) is 0 Å². The highest BCUT2D eigenvalue weighted by Gasteiger charge is 2.30. The monoisotopic (exact) mass is 269 g/mol. The van der Waals surface area contributed by atoms with Crippen LogP contribution >= 0.6 is 11.6 Å². The van der Waals surface area contributed by atoms with Gasteiger partial charge in [0.05, 0.1) is 6.54 Å². The quantitative estimate of drug-likeness (QED) is 0.737. The Morgan fingerprint density at radius 1 is 1.41 bits per heavy atom. The molecule has 98 valence electrons. The molecule has 0 amide bonds. The van der Waals surface area contributed by atoms with Gasteiger partial charge in [-0.15, -0.1) is 11.6 Å². The molecule has 0 aliphatic carbocycles. The van der Waals surface area contributed by atoms with Crippen LogP contribution in [0.15, 0.2) is 12.3 Å². The molecule has 1 aromatic heterocycles. The van der Waals surface area contributed by atoms with Gasteiger partial charge in [-0.2, -0.15) is 18.3 Å². The van der Waals surface area contributed by atoms with Gasteiger partial charge < -0.3 is 0 Å². The van der Waals surface area contributed by atoms with E-state index in [1.165, 1.54) is 4.90 Å². The standard InChI is InChI=1S/C10H15ClF3N3/c1-16-9(2-5-15-16)3-6-17(7-4-11)8-10(12,13)14/h2,5H,3-4,6-8H2,1H3. The molecule has 7 heteroatoms. The molecule has 0 saturated carbocycles. The van der Waals surface area contributed by atoms with Crippen molar-refractivity contribution < 1.29 is 13.2 Å². The molecule has 0 aliphatic rings. The van der Waals surface area contributed by atoms with Crippen LogP contribution < -0.4 is 0 Å². The summed E-state index contributed by atoms with van der Waals surface area (Å²) in [6, 6.07) is 1.80. The van der Waals surface area contributed by atoms with Gasteiger partial charge in [0.25, 0.3) is 0 Å². The fourth-order valence-corrected chi connectivity index (χ4v) is 1.80. The first kappa shape index (κ1) is 14.3. The van der Waals surface area contributed by atoms with E-state index in [9.17, 15) is 13.2 Å². The van der Waals surface area contributed by atoms with Gasteiger partial charge in [0.1, 0.15) is 0 Å². The van der Waals surface area contributed by atoms with Crippen molar-refractivity contribution in [1.82, 2.24) is 14.7 Å². The van der Waals surface area contributed by atoms with E-state index in [-0.39, 0.29) is 12.4 Å². The minimum Gasteiger partial charge on any atom is -0.293 e. The summed E-state index contributed by atoms with van der Waals surface area (Å²) in [5.74, 6) is 0.196. The summed E-state index contributed by atoms with van der Waals surface area (Å²) in [6.07, 6.45) is -2.02. The van der Waals surface area contributed by atoms with E-state index in [0.717, 1.165) is 5.69 Å². The van der Waals surface area contributed by atoms with Gasteiger partial charge in [-0.25, -0.2) is 0 Å². The molecule has 0 atom stereocenters. The summed E-state index contributed by atoms with van der Waals surface area (Å²) in [4.78, 5) is 1.31. The van der Waals surface area contributed by atoms with Crippen LogP contribution in [0.2, 0.25) is 0 Å². The summed E-state index contributed by atoms with van der Waals surface area (Å²) >= 11 is 5.49. The molecular weight excluding hydrogens is 255 g/mol. The third-order valence-electron chi connectivity index (χ3n) is 2.41. The average molecular weight is 270 g/mol. The van der Waals surface area contributed by atoms with Crippen molar-refractivity contribution in [1.29, 1.82) is 0 Å². The molecule has 1 heterocycles. The first-order valence-corrected chi connectivity index (χ1v) is 5.78. The van der Waals surface area contributed by atoms with E-state index < -0.39 is 12.7 Å². The van der Waals surface area contributed by atoms with Gasteiger partial charge >= 0.3 is 6.18 Å². The predicted octanol–water partition coefficient (Wildman–Crippen LogP) is 2.07. The number of hydrogen-bond acceptors (Lipinski definition) is 2. The first-order valence-electron chi connectivity index (χ1n) is 5.24. The molecule has 1 aromatic rings. The van der Waals surface area contributed by atoms with E-state index in [1.54, 1.807) is 24.0 Å². The van der Waals surface area contributed by atoms with Crippen LogP contribution in [-0.2, 0) is 13.5 Å². The minimum atomic E-state index is -4.18. The van der Waals surface area contributed by atoms with Crippen molar-refractivity contribution in [3.63, 3.8) is 0 Å².